The monoisotopic (exact) mass is 277 g/mol. The van der Waals surface area contributed by atoms with Crippen LogP contribution in [0.2, 0.25) is 0 Å². The predicted molar refractivity (Wildman–Crippen MR) is 77.9 cm³/mol. The highest BCUT2D eigenvalue weighted by Crippen LogP contribution is 2.19. The fraction of sp³-hybridized carbons (Fsp3) is 0.562. The van der Waals surface area contributed by atoms with E-state index < -0.39 is 11.9 Å². The number of carboxylic acids is 1. The van der Waals surface area contributed by atoms with E-state index in [4.69, 9.17) is 4.74 Å². The molecule has 1 aliphatic rings. The summed E-state index contributed by atoms with van der Waals surface area (Å²) >= 11 is 0. The summed E-state index contributed by atoms with van der Waals surface area (Å²) in [6.07, 6.45) is 2.46. The van der Waals surface area contributed by atoms with Crippen LogP contribution in [0.15, 0.2) is 30.3 Å². The van der Waals surface area contributed by atoms with Crippen molar-refractivity contribution in [3.63, 3.8) is 0 Å². The van der Waals surface area contributed by atoms with Crippen molar-refractivity contribution in [2.75, 3.05) is 26.2 Å². The van der Waals surface area contributed by atoms with Gasteiger partial charge in [-0.1, -0.05) is 37.3 Å². The maximum atomic E-state index is 11.5. The fourth-order valence-corrected chi connectivity index (χ4v) is 2.68. The first-order valence-electron chi connectivity index (χ1n) is 7.32. The molecule has 0 aromatic heterocycles. The molecule has 4 nitrogen and oxygen atoms in total. The van der Waals surface area contributed by atoms with Gasteiger partial charge in [-0.15, -0.1) is 0 Å². The smallest absolute Gasteiger partial charge is 0.312 e. The molecule has 2 rings (SSSR count). The number of hydrogen-bond donors (Lipinski definition) is 1. The third kappa shape index (κ3) is 4.05. The second-order valence-electron chi connectivity index (χ2n) is 5.29. The van der Waals surface area contributed by atoms with E-state index in [9.17, 15) is 9.90 Å². The van der Waals surface area contributed by atoms with Crippen molar-refractivity contribution >= 4 is 5.97 Å². The SMILES string of the molecule is CCN(CC1CCCO1)CC(C(=O)O)c1ccccc1. The van der Waals surface area contributed by atoms with Gasteiger partial charge in [0.2, 0.25) is 0 Å². The van der Waals surface area contributed by atoms with Crippen LogP contribution in [-0.2, 0) is 9.53 Å². The topological polar surface area (TPSA) is 49.8 Å². The highest BCUT2D eigenvalue weighted by molar-refractivity contribution is 5.76. The first-order chi connectivity index (χ1) is 9.70. The molecule has 2 unspecified atom stereocenters. The largest absolute Gasteiger partial charge is 0.481 e. The van der Waals surface area contributed by atoms with Gasteiger partial charge in [0.15, 0.2) is 0 Å². The van der Waals surface area contributed by atoms with E-state index in [-0.39, 0.29) is 6.10 Å². The van der Waals surface area contributed by atoms with E-state index in [1.165, 1.54) is 0 Å². The van der Waals surface area contributed by atoms with Crippen molar-refractivity contribution in [3.8, 4) is 0 Å². The zero-order valence-corrected chi connectivity index (χ0v) is 12.0. The number of carbonyl (C=O) groups is 1. The van der Waals surface area contributed by atoms with Crippen LogP contribution in [0.4, 0.5) is 0 Å². The number of likely N-dealkylation sites (N-methyl/N-ethyl adjacent to an activating group) is 1. The van der Waals surface area contributed by atoms with Gasteiger partial charge < -0.3 is 9.84 Å². The molecule has 1 aromatic carbocycles. The van der Waals surface area contributed by atoms with Gasteiger partial charge in [-0.2, -0.15) is 0 Å². The Morgan fingerprint density at radius 1 is 1.45 bits per heavy atom. The molecule has 0 saturated carbocycles. The van der Waals surface area contributed by atoms with Crippen LogP contribution in [0, 0.1) is 0 Å². The zero-order valence-electron chi connectivity index (χ0n) is 12.0. The Labute approximate surface area is 120 Å². The zero-order chi connectivity index (χ0) is 14.4. The number of hydrogen-bond acceptors (Lipinski definition) is 3. The Morgan fingerprint density at radius 2 is 2.20 bits per heavy atom. The molecule has 4 heteroatoms. The van der Waals surface area contributed by atoms with Crippen LogP contribution >= 0.6 is 0 Å². The molecule has 0 spiro atoms. The molecule has 1 saturated heterocycles. The molecule has 0 bridgehead atoms. The second-order valence-corrected chi connectivity index (χ2v) is 5.29. The van der Waals surface area contributed by atoms with Crippen LogP contribution in [0.3, 0.4) is 0 Å². The molecule has 1 heterocycles. The summed E-state index contributed by atoms with van der Waals surface area (Å²) < 4.78 is 5.64. The number of nitrogens with zero attached hydrogens (tertiary/aromatic N) is 1. The van der Waals surface area contributed by atoms with Crippen LogP contribution in [0.25, 0.3) is 0 Å². The molecule has 1 aliphatic heterocycles. The standard InChI is InChI=1S/C16H23NO3/c1-2-17(11-14-9-6-10-20-14)12-15(16(18)19)13-7-4-3-5-8-13/h3-5,7-8,14-15H,2,6,9-12H2,1H3,(H,18,19). The van der Waals surface area contributed by atoms with Gasteiger partial charge in [-0.25, -0.2) is 0 Å². The van der Waals surface area contributed by atoms with E-state index in [2.05, 4.69) is 11.8 Å². The highest BCUT2D eigenvalue weighted by atomic mass is 16.5. The summed E-state index contributed by atoms with van der Waals surface area (Å²) in [7, 11) is 0. The fourth-order valence-electron chi connectivity index (χ4n) is 2.68. The van der Waals surface area contributed by atoms with Gasteiger partial charge in [-0.05, 0) is 24.9 Å². The number of benzene rings is 1. The average Bonchev–Trinajstić information content (AvgIpc) is 2.96. The molecule has 0 aliphatic carbocycles. The lowest BCUT2D eigenvalue weighted by atomic mass is 9.98. The average molecular weight is 277 g/mol. The minimum Gasteiger partial charge on any atom is -0.481 e. The molecule has 1 fully saturated rings. The van der Waals surface area contributed by atoms with Crippen molar-refractivity contribution in [1.82, 2.24) is 4.90 Å². The maximum absolute atomic E-state index is 11.5. The van der Waals surface area contributed by atoms with E-state index in [0.29, 0.717) is 6.54 Å². The van der Waals surface area contributed by atoms with Crippen LogP contribution in [0.5, 0.6) is 0 Å². The Hall–Kier alpha value is -1.39. The Balaban J connectivity index is 2.00. The molecule has 110 valence electrons. The molecule has 20 heavy (non-hydrogen) atoms. The van der Waals surface area contributed by atoms with Crippen molar-refractivity contribution < 1.29 is 14.6 Å². The van der Waals surface area contributed by atoms with Gasteiger partial charge in [0.1, 0.15) is 0 Å². The first-order valence-corrected chi connectivity index (χ1v) is 7.32. The molecule has 1 aromatic rings. The first kappa shape index (κ1) is 15.0. The van der Waals surface area contributed by atoms with Crippen LogP contribution in [-0.4, -0.2) is 48.3 Å². The number of aliphatic carboxylic acids is 1. The highest BCUT2D eigenvalue weighted by Gasteiger charge is 2.25. The van der Waals surface area contributed by atoms with Gasteiger partial charge in [0.05, 0.1) is 12.0 Å². The third-order valence-electron chi connectivity index (χ3n) is 3.87. The van der Waals surface area contributed by atoms with Crippen LogP contribution in [0.1, 0.15) is 31.2 Å². The molecular weight excluding hydrogens is 254 g/mol. The second kappa shape index (κ2) is 7.41. The van der Waals surface area contributed by atoms with Crippen molar-refractivity contribution in [1.29, 1.82) is 0 Å². The number of carboxylic acid groups (broad SMARTS) is 1. The summed E-state index contributed by atoms with van der Waals surface area (Å²) in [5.74, 6) is -1.24. The summed E-state index contributed by atoms with van der Waals surface area (Å²) in [6, 6.07) is 9.47. The minimum absolute atomic E-state index is 0.264. The molecular formula is C16H23NO3. The summed E-state index contributed by atoms with van der Waals surface area (Å²) in [4.78, 5) is 13.7. The van der Waals surface area contributed by atoms with E-state index >= 15 is 0 Å². The number of ether oxygens (including phenoxy) is 1. The van der Waals surface area contributed by atoms with Crippen molar-refractivity contribution in [3.05, 3.63) is 35.9 Å². The molecule has 2 atom stereocenters. The van der Waals surface area contributed by atoms with Gasteiger partial charge in [0, 0.05) is 19.7 Å². The van der Waals surface area contributed by atoms with E-state index in [1.807, 2.05) is 30.3 Å². The molecule has 0 amide bonds. The summed E-state index contributed by atoms with van der Waals surface area (Å²) in [6.45, 7) is 5.11. The Kier molecular flexibility index (Phi) is 5.56. The third-order valence-corrected chi connectivity index (χ3v) is 3.87. The summed E-state index contributed by atoms with van der Waals surface area (Å²) in [5, 5.41) is 9.47. The Morgan fingerprint density at radius 3 is 2.75 bits per heavy atom. The molecule has 0 radical (unpaired) electrons. The predicted octanol–water partition coefficient (Wildman–Crippen LogP) is 2.36. The van der Waals surface area contributed by atoms with Gasteiger partial charge in [-0.3, -0.25) is 9.69 Å². The Bertz CT molecular complexity index is 415. The summed E-state index contributed by atoms with van der Waals surface area (Å²) in [5.41, 5.74) is 0.866. The minimum atomic E-state index is -0.762. The quantitative estimate of drug-likeness (QED) is 0.831. The lowest BCUT2D eigenvalue weighted by Crippen LogP contribution is -2.37. The lowest BCUT2D eigenvalue weighted by molar-refractivity contribution is -0.139. The van der Waals surface area contributed by atoms with E-state index in [1.54, 1.807) is 0 Å². The maximum Gasteiger partial charge on any atom is 0.312 e. The normalized spacial score (nSPS) is 20.2. The van der Waals surface area contributed by atoms with Gasteiger partial charge >= 0.3 is 5.97 Å². The van der Waals surface area contributed by atoms with Crippen molar-refractivity contribution in [2.45, 2.75) is 31.8 Å². The molecule has 1 N–H and O–H groups in total. The lowest BCUT2D eigenvalue weighted by Gasteiger charge is -2.26. The number of rotatable bonds is 7. The van der Waals surface area contributed by atoms with E-state index in [0.717, 1.165) is 38.1 Å². The van der Waals surface area contributed by atoms with Crippen LogP contribution < -0.4 is 0 Å². The van der Waals surface area contributed by atoms with Crippen molar-refractivity contribution in [2.24, 2.45) is 0 Å². The van der Waals surface area contributed by atoms with Gasteiger partial charge in [0.25, 0.3) is 0 Å².